The molecule has 3 N–H and O–H groups in total. The standard InChI is InChI=1S/C15H20F2N2O/c1-15(2)7-3-4-9(8-15)19-14(20)12-10(16)5-6-11(18)13(12)17/h5-6,9H,3-4,7-8,18H2,1-2H3,(H,19,20). The molecule has 0 radical (unpaired) electrons. The Bertz CT molecular complexity index is 529. The highest BCUT2D eigenvalue weighted by Crippen LogP contribution is 2.35. The normalized spacial score (nSPS) is 21.5. The number of anilines is 1. The number of amides is 1. The monoisotopic (exact) mass is 282 g/mol. The fraction of sp³-hybridized carbons (Fsp3) is 0.533. The maximum atomic E-state index is 13.8. The van der Waals surface area contributed by atoms with Crippen molar-refractivity contribution in [2.24, 2.45) is 5.41 Å². The molecule has 1 aromatic rings. The van der Waals surface area contributed by atoms with E-state index in [9.17, 15) is 13.6 Å². The lowest BCUT2D eigenvalue weighted by atomic mass is 9.75. The Hall–Kier alpha value is -1.65. The molecule has 110 valence electrons. The third-order valence-corrected chi connectivity index (χ3v) is 3.89. The molecule has 0 aliphatic heterocycles. The summed E-state index contributed by atoms with van der Waals surface area (Å²) in [6.07, 6.45) is 3.74. The van der Waals surface area contributed by atoms with E-state index in [2.05, 4.69) is 19.2 Å². The van der Waals surface area contributed by atoms with Gasteiger partial charge in [-0.1, -0.05) is 20.3 Å². The molecule has 1 atom stereocenters. The molecule has 0 bridgehead atoms. The molecule has 1 aliphatic carbocycles. The number of nitrogens with two attached hydrogens (primary N) is 1. The second-order valence-corrected chi connectivity index (χ2v) is 6.26. The van der Waals surface area contributed by atoms with E-state index in [1.807, 2.05) is 0 Å². The number of rotatable bonds is 2. The zero-order chi connectivity index (χ0) is 14.9. The minimum Gasteiger partial charge on any atom is -0.396 e. The molecule has 1 saturated carbocycles. The van der Waals surface area contributed by atoms with Crippen LogP contribution < -0.4 is 11.1 Å². The predicted molar refractivity (Wildman–Crippen MR) is 74.3 cm³/mol. The molecule has 0 spiro atoms. The molecule has 20 heavy (non-hydrogen) atoms. The van der Waals surface area contributed by atoms with Crippen molar-refractivity contribution in [3.05, 3.63) is 29.3 Å². The van der Waals surface area contributed by atoms with Gasteiger partial charge < -0.3 is 11.1 Å². The Morgan fingerprint density at radius 3 is 2.75 bits per heavy atom. The lowest BCUT2D eigenvalue weighted by Gasteiger charge is -2.35. The van der Waals surface area contributed by atoms with Crippen LogP contribution in [0.4, 0.5) is 14.5 Å². The van der Waals surface area contributed by atoms with Crippen molar-refractivity contribution >= 4 is 11.6 Å². The topological polar surface area (TPSA) is 55.1 Å². The zero-order valence-corrected chi connectivity index (χ0v) is 11.8. The molecule has 0 saturated heterocycles. The first-order valence-electron chi connectivity index (χ1n) is 6.84. The van der Waals surface area contributed by atoms with Crippen molar-refractivity contribution in [2.45, 2.75) is 45.6 Å². The number of nitrogen functional groups attached to an aromatic ring is 1. The number of nitrogens with one attached hydrogen (secondary N) is 1. The Morgan fingerprint density at radius 1 is 1.40 bits per heavy atom. The number of halogens is 2. The van der Waals surface area contributed by atoms with E-state index >= 15 is 0 Å². The van der Waals surface area contributed by atoms with Gasteiger partial charge in [0, 0.05) is 6.04 Å². The van der Waals surface area contributed by atoms with E-state index in [-0.39, 0.29) is 17.1 Å². The highest BCUT2D eigenvalue weighted by Gasteiger charge is 2.30. The molecule has 1 aromatic carbocycles. The summed E-state index contributed by atoms with van der Waals surface area (Å²) in [7, 11) is 0. The molecule has 5 heteroatoms. The molecule has 3 nitrogen and oxygen atoms in total. The maximum absolute atomic E-state index is 13.8. The van der Waals surface area contributed by atoms with Gasteiger partial charge in [0.2, 0.25) is 0 Å². The van der Waals surface area contributed by atoms with E-state index in [1.54, 1.807) is 0 Å². The number of hydrogen-bond acceptors (Lipinski definition) is 2. The summed E-state index contributed by atoms with van der Waals surface area (Å²) in [5, 5.41) is 2.73. The molecule has 1 amide bonds. The van der Waals surface area contributed by atoms with Crippen molar-refractivity contribution < 1.29 is 13.6 Å². The van der Waals surface area contributed by atoms with E-state index < -0.39 is 23.1 Å². The van der Waals surface area contributed by atoms with Crippen LogP contribution in [0.5, 0.6) is 0 Å². The zero-order valence-electron chi connectivity index (χ0n) is 11.8. The molecular weight excluding hydrogens is 262 g/mol. The Kier molecular flexibility index (Phi) is 3.97. The van der Waals surface area contributed by atoms with Crippen LogP contribution in [0.15, 0.2) is 12.1 Å². The van der Waals surface area contributed by atoms with Gasteiger partial charge in [-0.2, -0.15) is 0 Å². The Balaban J connectivity index is 2.15. The van der Waals surface area contributed by atoms with Gasteiger partial charge in [-0.05, 0) is 36.8 Å². The van der Waals surface area contributed by atoms with Gasteiger partial charge in [0.1, 0.15) is 11.4 Å². The summed E-state index contributed by atoms with van der Waals surface area (Å²) in [5.74, 6) is -2.60. The Labute approximate surface area is 117 Å². The number of benzene rings is 1. The van der Waals surface area contributed by atoms with Crippen LogP contribution in [0.3, 0.4) is 0 Å². The highest BCUT2D eigenvalue weighted by atomic mass is 19.1. The molecular formula is C15H20F2N2O. The summed E-state index contributed by atoms with van der Waals surface area (Å²) < 4.78 is 27.4. The van der Waals surface area contributed by atoms with E-state index in [4.69, 9.17) is 5.73 Å². The van der Waals surface area contributed by atoms with Crippen molar-refractivity contribution in [3.63, 3.8) is 0 Å². The maximum Gasteiger partial charge on any atom is 0.257 e. The first kappa shape index (κ1) is 14.8. The van der Waals surface area contributed by atoms with Gasteiger partial charge in [-0.3, -0.25) is 4.79 Å². The SMILES string of the molecule is CC1(C)CCCC(NC(=O)c2c(F)ccc(N)c2F)C1. The number of carbonyl (C=O) groups is 1. The van der Waals surface area contributed by atoms with Crippen molar-refractivity contribution in [1.82, 2.24) is 5.32 Å². The van der Waals surface area contributed by atoms with Crippen LogP contribution in [0.2, 0.25) is 0 Å². The highest BCUT2D eigenvalue weighted by molar-refractivity contribution is 5.95. The first-order valence-corrected chi connectivity index (χ1v) is 6.84. The molecule has 1 unspecified atom stereocenters. The molecule has 2 rings (SSSR count). The molecule has 0 heterocycles. The van der Waals surface area contributed by atoms with Crippen LogP contribution in [0, 0.1) is 17.0 Å². The lowest BCUT2D eigenvalue weighted by Crippen LogP contribution is -2.41. The van der Waals surface area contributed by atoms with Crippen LogP contribution in [-0.4, -0.2) is 11.9 Å². The largest absolute Gasteiger partial charge is 0.396 e. The first-order chi connectivity index (χ1) is 9.30. The fourth-order valence-electron chi connectivity index (χ4n) is 2.86. The second-order valence-electron chi connectivity index (χ2n) is 6.26. The number of carbonyl (C=O) groups excluding carboxylic acids is 1. The smallest absolute Gasteiger partial charge is 0.257 e. The molecule has 1 fully saturated rings. The van der Waals surface area contributed by atoms with Gasteiger partial charge >= 0.3 is 0 Å². The summed E-state index contributed by atoms with van der Waals surface area (Å²) in [6.45, 7) is 4.26. The van der Waals surface area contributed by atoms with Crippen LogP contribution in [0.1, 0.15) is 49.9 Å². The van der Waals surface area contributed by atoms with Crippen LogP contribution in [-0.2, 0) is 0 Å². The van der Waals surface area contributed by atoms with Gasteiger partial charge in [-0.15, -0.1) is 0 Å². The second kappa shape index (κ2) is 5.38. The van der Waals surface area contributed by atoms with Crippen LogP contribution in [0.25, 0.3) is 0 Å². The summed E-state index contributed by atoms with van der Waals surface area (Å²) >= 11 is 0. The van der Waals surface area contributed by atoms with E-state index in [0.717, 1.165) is 37.8 Å². The predicted octanol–water partition coefficient (Wildman–Crippen LogP) is 3.25. The van der Waals surface area contributed by atoms with Gasteiger partial charge in [-0.25, -0.2) is 8.78 Å². The quantitative estimate of drug-likeness (QED) is 0.818. The fourth-order valence-corrected chi connectivity index (χ4v) is 2.86. The van der Waals surface area contributed by atoms with Crippen LogP contribution >= 0.6 is 0 Å². The van der Waals surface area contributed by atoms with Gasteiger partial charge in [0.15, 0.2) is 5.82 Å². The minimum atomic E-state index is -0.988. The number of hydrogen-bond donors (Lipinski definition) is 2. The van der Waals surface area contributed by atoms with E-state index in [1.165, 1.54) is 0 Å². The minimum absolute atomic E-state index is 0.0496. The van der Waals surface area contributed by atoms with Gasteiger partial charge in [0.25, 0.3) is 5.91 Å². The third-order valence-electron chi connectivity index (χ3n) is 3.89. The van der Waals surface area contributed by atoms with Crippen molar-refractivity contribution in [1.29, 1.82) is 0 Å². The third kappa shape index (κ3) is 3.08. The lowest BCUT2D eigenvalue weighted by molar-refractivity contribution is 0.0894. The van der Waals surface area contributed by atoms with E-state index in [0.29, 0.717) is 0 Å². The average Bonchev–Trinajstić information content (AvgIpc) is 2.33. The molecule has 1 aliphatic rings. The average molecular weight is 282 g/mol. The summed E-state index contributed by atoms with van der Waals surface area (Å²) in [6, 6.07) is 2.08. The molecule has 0 aromatic heterocycles. The summed E-state index contributed by atoms with van der Waals surface area (Å²) in [4.78, 5) is 12.1. The van der Waals surface area contributed by atoms with Crippen molar-refractivity contribution in [2.75, 3.05) is 5.73 Å². The summed E-state index contributed by atoms with van der Waals surface area (Å²) in [5.41, 5.74) is 4.71. The Morgan fingerprint density at radius 2 is 2.10 bits per heavy atom. The van der Waals surface area contributed by atoms with Crippen molar-refractivity contribution in [3.8, 4) is 0 Å². The van der Waals surface area contributed by atoms with Gasteiger partial charge in [0.05, 0.1) is 5.69 Å².